The van der Waals surface area contributed by atoms with Gasteiger partial charge in [-0.1, -0.05) is 6.42 Å². The fraction of sp³-hybridized carbons (Fsp3) is 0.353. The molecule has 3 rings (SSSR count). The molecule has 2 aromatic rings. The Morgan fingerprint density at radius 2 is 1.79 bits per heavy atom. The van der Waals surface area contributed by atoms with E-state index >= 15 is 0 Å². The molecule has 0 atom stereocenters. The minimum absolute atomic E-state index is 0.178. The van der Waals surface area contributed by atoms with Crippen molar-refractivity contribution < 1.29 is 17.6 Å². The number of amides is 1. The number of hydrogen-bond donors (Lipinski definition) is 1. The maximum atomic E-state index is 12.6. The smallest absolute Gasteiger partial charge is 0.243 e. The third-order valence-corrected chi connectivity index (χ3v) is 5.95. The third kappa shape index (κ3) is 3.85. The van der Waals surface area contributed by atoms with Crippen LogP contribution in [-0.2, 0) is 21.2 Å². The second-order valence-electron chi connectivity index (χ2n) is 5.85. The lowest BCUT2D eigenvalue weighted by Gasteiger charge is -2.25. The summed E-state index contributed by atoms with van der Waals surface area (Å²) in [5, 5.41) is 2.75. The van der Waals surface area contributed by atoms with Crippen LogP contribution in [0.25, 0.3) is 0 Å². The lowest BCUT2D eigenvalue weighted by molar-refractivity contribution is -0.115. The van der Waals surface area contributed by atoms with Crippen LogP contribution in [0.4, 0.5) is 5.69 Å². The van der Waals surface area contributed by atoms with E-state index < -0.39 is 10.0 Å². The summed E-state index contributed by atoms with van der Waals surface area (Å²) in [4.78, 5) is 12.2. The van der Waals surface area contributed by atoms with Gasteiger partial charge in [0.15, 0.2) is 0 Å². The SMILES string of the molecule is O=C(Cc1ccoc1)Nc1ccc(S(=O)(=O)N2CCCCC2)cc1. The highest BCUT2D eigenvalue weighted by atomic mass is 32.2. The van der Waals surface area contributed by atoms with E-state index in [9.17, 15) is 13.2 Å². The fourth-order valence-corrected chi connectivity index (χ4v) is 4.27. The summed E-state index contributed by atoms with van der Waals surface area (Å²) in [7, 11) is -3.44. The van der Waals surface area contributed by atoms with E-state index in [-0.39, 0.29) is 17.2 Å². The Morgan fingerprint density at radius 3 is 2.42 bits per heavy atom. The molecule has 0 aliphatic carbocycles. The van der Waals surface area contributed by atoms with Crippen molar-refractivity contribution in [3.63, 3.8) is 0 Å². The van der Waals surface area contributed by atoms with E-state index in [1.165, 1.54) is 29.0 Å². The van der Waals surface area contributed by atoms with Crippen molar-refractivity contribution in [3.05, 3.63) is 48.4 Å². The average molecular weight is 348 g/mol. The van der Waals surface area contributed by atoms with E-state index in [2.05, 4.69) is 5.32 Å². The summed E-state index contributed by atoms with van der Waals surface area (Å²) in [6, 6.07) is 8.04. The van der Waals surface area contributed by atoms with Crippen LogP contribution >= 0.6 is 0 Å². The molecule has 24 heavy (non-hydrogen) atoms. The van der Waals surface area contributed by atoms with Gasteiger partial charge in [-0.25, -0.2) is 8.42 Å². The highest BCUT2D eigenvalue weighted by molar-refractivity contribution is 7.89. The Hall–Kier alpha value is -2.12. The number of furan rings is 1. The summed E-state index contributed by atoms with van der Waals surface area (Å²) < 4.78 is 31.6. The van der Waals surface area contributed by atoms with Crippen molar-refractivity contribution in [1.29, 1.82) is 0 Å². The number of carbonyl (C=O) groups is 1. The number of nitrogens with zero attached hydrogens (tertiary/aromatic N) is 1. The van der Waals surface area contributed by atoms with Crippen LogP contribution in [0.5, 0.6) is 0 Å². The second kappa shape index (κ2) is 7.19. The first kappa shape index (κ1) is 16.7. The fourth-order valence-electron chi connectivity index (χ4n) is 2.75. The van der Waals surface area contributed by atoms with Crippen molar-refractivity contribution >= 4 is 21.6 Å². The molecule has 1 aromatic heterocycles. The topological polar surface area (TPSA) is 79.6 Å². The van der Waals surface area contributed by atoms with Crippen LogP contribution in [0.3, 0.4) is 0 Å². The van der Waals surface area contributed by atoms with Gasteiger partial charge in [-0.3, -0.25) is 4.79 Å². The zero-order valence-corrected chi connectivity index (χ0v) is 14.1. The number of hydrogen-bond acceptors (Lipinski definition) is 4. The molecule has 1 aliphatic rings. The number of carbonyl (C=O) groups excluding carboxylic acids is 1. The molecule has 0 spiro atoms. The van der Waals surface area contributed by atoms with Gasteiger partial charge in [-0.05, 0) is 48.7 Å². The largest absolute Gasteiger partial charge is 0.472 e. The van der Waals surface area contributed by atoms with E-state index in [4.69, 9.17) is 4.42 Å². The zero-order valence-electron chi connectivity index (χ0n) is 13.3. The number of benzene rings is 1. The molecule has 1 aromatic carbocycles. The predicted octanol–water partition coefficient (Wildman–Crippen LogP) is 2.64. The molecular formula is C17H20N2O4S. The molecule has 7 heteroatoms. The lowest BCUT2D eigenvalue weighted by atomic mass is 10.2. The van der Waals surface area contributed by atoms with Crippen LogP contribution < -0.4 is 5.32 Å². The molecule has 1 amide bonds. The van der Waals surface area contributed by atoms with E-state index in [0.717, 1.165) is 24.8 Å². The summed E-state index contributed by atoms with van der Waals surface area (Å²) in [6.45, 7) is 1.15. The number of rotatable bonds is 5. The molecular weight excluding hydrogens is 328 g/mol. The normalized spacial score (nSPS) is 16.0. The van der Waals surface area contributed by atoms with Gasteiger partial charge >= 0.3 is 0 Å². The van der Waals surface area contributed by atoms with Gasteiger partial charge < -0.3 is 9.73 Å². The Kier molecular flexibility index (Phi) is 5.01. The van der Waals surface area contributed by atoms with Crippen LogP contribution in [0.2, 0.25) is 0 Å². The van der Waals surface area contributed by atoms with Gasteiger partial charge in [0.2, 0.25) is 15.9 Å². The molecule has 1 saturated heterocycles. The lowest BCUT2D eigenvalue weighted by Crippen LogP contribution is -2.35. The number of sulfonamides is 1. The minimum atomic E-state index is -3.44. The van der Waals surface area contributed by atoms with Crippen LogP contribution in [-0.4, -0.2) is 31.7 Å². The molecule has 0 radical (unpaired) electrons. The zero-order chi connectivity index (χ0) is 17.0. The summed E-state index contributed by atoms with van der Waals surface area (Å²) in [5.74, 6) is -0.178. The van der Waals surface area contributed by atoms with Crippen LogP contribution in [0.15, 0.2) is 52.2 Å². The molecule has 0 unspecified atom stereocenters. The average Bonchev–Trinajstić information content (AvgIpc) is 3.09. The molecule has 0 saturated carbocycles. The van der Waals surface area contributed by atoms with Crippen molar-refractivity contribution in [2.24, 2.45) is 0 Å². The molecule has 0 bridgehead atoms. The van der Waals surface area contributed by atoms with Crippen molar-refractivity contribution in [1.82, 2.24) is 4.31 Å². The van der Waals surface area contributed by atoms with Gasteiger partial charge in [-0.15, -0.1) is 0 Å². The van der Waals surface area contributed by atoms with E-state index in [0.29, 0.717) is 18.8 Å². The molecule has 6 nitrogen and oxygen atoms in total. The molecule has 128 valence electrons. The molecule has 1 fully saturated rings. The van der Waals surface area contributed by atoms with Gasteiger partial charge in [0.25, 0.3) is 0 Å². The maximum absolute atomic E-state index is 12.6. The standard InChI is InChI=1S/C17H20N2O4S/c20-17(12-14-8-11-23-13-14)18-15-4-6-16(7-5-15)24(21,22)19-9-2-1-3-10-19/h4-8,11,13H,1-3,9-10,12H2,(H,18,20). The summed E-state index contributed by atoms with van der Waals surface area (Å²) in [5.41, 5.74) is 1.36. The highest BCUT2D eigenvalue weighted by Crippen LogP contribution is 2.22. The number of piperidine rings is 1. The summed E-state index contributed by atoms with van der Waals surface area (Å²) >= 11 is 0. The van der Waals surface area contributed by atoms with Crippen LogP contribution in [0, 0.1) is 0 Å². The van der Waals surface area contributed by atoms with Crippen molar-refractivity contribution in [2.45, 2.75) is 30.6 Å². The monoisotopic (exact) mass is 348 g/mol. The van der Waals surface area contributed by atoms with E-state index in [1.54, 1.807) is 18.2 Å². The van der Waals surface area contributed by atoms with Gasteiger partial charge in [0.05, 0.1) is 23.8 Å². The highest BCUT2D eigenvalue weighted by Gasteiger charge is 2.25. The van der Waals surface area contributed by atoms with Gasteiger partial charge in [0, 0.05) is 18.8 Å². The second-order valence-corrected chi connectivity index (χ2v) is 7.78. The third-order valence-electron chi connectivity index (χ3n) is 4.04. The van der Waals surface area contributed by atoms with Gasteiger partial charge in [0.1, 0.15) is 0 Å². The first-order valence-electron chi connectivity index (χ1n) is 7.97. The first-order chi connectivity index (χ1) is 11.6. The predicted molar refractivity (Wildman–Crippen MR) is 90.1 cm³/mol. The number of nitrogens with one attached hydrogen (secondary N) is 1. The molecule has 1 aliphatic heterocycles. The quantitative estimate of drug-likeness (QED) is 0.901. The Labute approximate surface area is 141 Å². The molecule has 2 heterocycles. The van der Waals surface area contributed by atoms with E-state index in [1.807, 2.05) is 0 Å². The van der Waals surface area contributed by atoms with Gasteiger partial charge in [-0.2, -0.15) is 4.31 Å². The minimum Gasteiger partial charge on any atom is -0.472 e. The Morgan fingerprint density at radius 1 is 1.08 bits per heavy atom. The first-order valence-corrected chi connectivity index (χ1v) is 9.41. The van der Waals surface area contributed by atoms with Crippen molar-refractivity contribution in [3.8, 4) is 0 Å². The number of anilines is 1. The van der Waals surface area contributed by atoms with Crippen LogP contribution in [0.1, 0.15) is 24.8 Å². The van der Waals surface area contributed by atoms with Crippen molar-refractivity contribution in [2.75, 3.05) is 18.4 Å². The summed E-state index contributed by atoms with van der Waals surface area (Å²) in [6.07, 6.45) is 6.14. The molecule has 1 N–H and O–H groups in total. The maximum Gasteiger partial charge on any atom is 0.243 e. The Balaban J connectivity index is 1.65. The Bertz CT molecular complexity index is 777.